The zero-order chi connectivity index (χ0) is 19.5. The van der Waals surface area contributed by atoms with Gasteiger partial charge in [-0.25, -0.2) is 19.3 Å². The average Bonchev–Trinajstić information content (AvgIpc) is 3.13. The van der Waals surface area contributed by atoms with E-state index >= 15 is 0 Å². The predicted molar refractivity (Wildman–Crippen MR) is 108 cm³/mol. The van der Waals surface area contributed by atoms with Crippen molar-refractivity contribution in [1.29, 1.82) is 0 Å². The minimum absolute atomic E-state index is 0.316. The lowest BCUT2D eigenvalue weighted by Gasteiger charge is -2.12. The molecule has 0 unspecified atom stereocenters. The number of aromatic nitrogens is 4. The molecule has 4 rings (SSSR count). The second-order valence-electron chi connectivity index (χ2n) is 6.27. The summed E-state index contributed by atoms with van der Waals surface area (Å²) in [6.45, 7) is 0.485. The molecule has 1 N–H and O–H groups in total. The van der Waals surface area contributed by atoms with Gasteiger partial charge in [0.15, 0.2) is 5.82 Å². The summed E-state index contributed by atoms with van der Waals surface area (Å²) >= 11 is 6.21. The second-order valence-corrected chi connectivity index (χ2v) is 6.68. The van der Waals surface area contributed by atoms with Gasteiger partial charge in [-0.3, -0.25) is 0 Å². The van der Waals surface area contributed by atoms with E-state index in [9.17, 15) is 4.39 Å². The number of hydrogen-bond donors (Lipinski definition) is 1. The molecule has 0 radical (unpaired) electrons. The summed E-state index contributed by atoms with van der Waals surface area (Å²) in [5, 5.41) is 3.87. The molecule has 0 saturated carbocycles. The first-order chi connectivity index (χ1) is 13.6. The summed E-state index contributed by atoms with van der Waals surface area (Å²) in [5.74, 6) is 0.796. The van der Waals surface area contributed by atoms with E-state index < -0.39 is 0 Å². The molecule has 0 saturated heterocycles. The van der Waals surface area contributed by atoms with Crippen LogP contribution in [0.3, 0.4) is 0 Å². The first kappa shape index (κ1) is 18.1. The van der Waals surface area contributed by atoms with E-state index in [1.807, 2.05) is 48.1 Å². The molecule has 0 aliphatic heterocycles. The summed E-state index contributed by atoms with van der Waals surface area (Å²) < 4.78 is 15.6. The van der Waals surface area contributed by atoms with Crippen molar-refractivity contribution < 1.29 is 4.39 Å². The van der Waals surface area contributed by atoms with Gasteiger partial charge in [0.05, 0.1) is 0 Å². The van der Waals surface area contributed by atoms with E-state index in [4.69, 9.17) is 11.6 Å². The van der Waals surface area contributed by atoms with E-state index in [1.165, 1.54) is 12.1 Å². The fourth-order valence-corrected chi connectivity index (χ4v) is 3.12. The van der Waals surface area contributed by atoms with Crippen LogP contribution in [0.5, 0.6) is 0 Å². The molecule has 0 spiro atoms. The van der Waals surface area contributed by atoms with Gasteiger partial charge in [-0.15, -0.1) is 0 Å². The molecule has 0 aliphatic carbocycles. The number of nitrogens with one attached hydrogen (secondary N) is 1. The minimum atomic E-state index is -0.316. The first-order valence-corrected chi connectivity index (χ1v) is 9.07. The van der Waals surface area contributed by atoms with Crippen LogP contribution in [0.4, 0.5) is 10.3 Å². The van der Waals surface area contributed by atoms with Gasteiger partial charge in [-0.2, -0.15) is 0 Å². The molecule has 4 aromatic rings. The molecule has 0 aliphatic rings. The second kappa shape index (κ2) is 7.78. The van der Waals surface area contributed by atoms with E-state index in [2.05, 4.69) is 20.3 Å². The maximum absolute atomic E-state index is 13.7. The number of anilines is 1. The maximum Gasteiger partial charge on any atom is 0.223 e. The summed E-state index contributed by atoms with van der Waals surface area (Å²) in [7, 11) is 1.89. The molecule has 2 aromatic carbocycles. The molecule has 5 nitrogen and oxygen atoms in total. The molecule has 0 amide bonds. The van der Waals surface area contributed by atoms with Gasteiger partial charge < -0.3 is 9.88 Å². The zero-order valence-electron chi connectivity index (χ0n) is 15.1. The third-order valence-electron chi connectivity index (χ3n) is 4.35. The number of hydrogen-bond acceptors (Lipinski definition) is 4. The molecule has 140 valence electrons. The fraction of sp³-hybridized carbons (Fsp3) is 0.0952. The van der Waals surface area contributed by atoms with Crippen LogP contribution in [-0.2, 0) is 13.6 Å². The topological polar surface area (TPSA) is 55.6 Å². The molecule has 28 heavy (non-hydrogen) atoms. The van der Waals surface area contributed by atoms with Crippen molar-refractivity contribution in [2.45, 2.75) is 6.54 Å². The van der Waals surface area contributed by atoms with Gasteiger partial charge in [0.1, 0.15) is 11.5 Å². The van der Waals surface area contributed by atoms with E-state index in [0.717, 1.165) is 5.56 Å². The Bertz CT molecular complexity index is 1130. The van der Waals surface area contributed by atoms with Crippen LogP contribution in [0.1, 0.15) is 5.56 Å². The molecular weight excluding hydrogens is 377 g/mol. The van der Waals surface area contributed by atoms with Crippen molar-refractivity contribution in [2.75, 3.05) is 5.32 Å². The van der Waals surface area contributed by atoms with Crippen LogP contribution < -0.4 is 5.32 Å². The van der Waals surface area contributed by atoms with Crippen molar-refractivity contribution in [3.05, 3.63) is 83.5 Å². The largest absolute Gasteiger partial charge is 0.350 e. The number of nitrogens with zero attached hydrogens (tertiary/aromatic N) is 4. The van der Waals surface area contributed by atoms with Crippen molar-refractivity contribution in [1.82, 2.24) is 19.5 Å². The van der Waals surface area contributed by atoms with Crippen LogP contribution in [0.2, 0.25) is 5.02 Å². The highest BCUT2D eigenvalue weighted by Gasteiger charge is 2.15. The third kappa shape index (κ3) is 3.73. The molecule has 2 aromatic heterocycles. The van der Waals surface area contributed by atoms with Crippen molar-refractivity contribution in [2.24, 2.45) is 7.05 Å². The van der Waals surface area contributed by atoms with E-state index in [0.29, 0.717) is 40.2 Å². The molecule has 0 fully saturated rings. The maximum atomic E-state index is 13.7. The summed E-state index contributed by atoms with van der Waals surface area (Å²) in [6.07, 6.45) is 5.22. The Balaban J connectivity index is 1.73. The Morgan fingerprint density at radius 3 is 2.71 bits per heavy atom. The highest BCUT2D eigenvalue weighted by molar-refractivity contribution is 6.31. The van der Waals surface area contributed by atoms with Crippen LogP contribution in [0.15, 0.2) is 67.1 Å². The normalized spacial score (nSPS) is 10.8. The summed E-state index contributed by atoms with van der Waals surface area (Å²) in [6, 6.07) is 13.9. The van der Waals surface area contributed by atoms with Crippen LogP contribution >= 0.6 is 11.6 Å². The fourth-order valence-electron chi connectivity index (χ4n) is 2.91. The van der Waals surface area contributed by atoms with Gasteiger partial charge in [0.25, 0.3) is 0 Å². The lowest BCUT2D eigenvalue weighted by atomic mass is 10.1. The van der Waals surface area contributed by atoms with Crippen molar-refractivity contribution in [3.63, 3.8) is 0 Å². The monoisotopic (exact) mass is 393 g/mol. The van der Waals surface area contributed by atoms with Gasteiger partial charge >= 0.3 is 0 Å². The molecule has 0 atom stereocenters. The highest BCUT2D eigenvalue weighted by atomic mass is 35.5. The Hall–Kier alpha value is -3.25. The van der Waals surface area contributed by atoms with Crippen LogP contribution in [-0.4, -0.2) is 19.5 Å². The number of benzene rings is 2. The summed E-state index contributed by atoms with van der Waals surface area (Å²) in [4.78, 5) is 13.5. The lowest BCUT2D eigenvalue weighted by molar-refractivity contribution is 0.628. The molecule has 2 heterocycles. The standard InChI is InChI=1S/C21H17ClFN5/c1-28-10-9-24-20(28)19-17(14-6-4-7-16(23)11-14)13-26-21(27-19)25-12-15-5-2-3-8-18(15)22/h2-11,13H,12H2,1H3,(H,25,26,27). The number of aryl methyl sites for hydroxylation is 1. The highest BCUT2D eigenvalue weighted by Crippen LogP contribution is 2.30. The molecule has 0 bridgehead atoms. The number of imidazole rings is 1. The molecular formula is C21H17ClFN5. The smallest absolute Gasteiger partial charge is 0.223 e. The third-order valence-corrected chi connectivity index (χ3v) is 4.72. The van der Waals surface area contributed by atoms with Crippen LogP contribution in [0, 0.1) is 5.82 Å². The van der Waals surface area contributed by atoms with E-state index in [1.54, 1.807) is 18.5 Å². The molecule has 7 heteroatoms. The Kier molecular flexibility index (Phi) is 5.04. The zero-order valence-corrected chi connectivity index (χ0v) is 15.9. The average molecular weight is 394 g/mol. The van der Waals surface area contributed by atoms with Gasteiger partial charge in [-0.1, -0.05) is 41.9 Å². The number of halogens is 2. The first-order valence-electron chi connectivity index (χ1n) is 8.70. The van der Waals surface area contributed by atoms with Gasteiger partial charge in [0, 0.05) is 42.8 Å². The van der Waals surface area contributed by atoms with Gasteiger partial charge in [-0.05, 0) is 29.3 Å². The quantitative estimate of drug-likeness (QED) is 0.521. The minimum Gasteiger partial charge on any atom is -0.350 e. The number of rotatable bonds is 5. The lowest BCUT2D eigenvalue weighted by Crippen LogP contribution is -2.06. The van der Waals surface area contributed by atoms with Crippen LogP contribution in [0.25, 0.3) is 22.6 Å². The van der Waals surface area contributed by atoms with Crippen molar-refractivity contribution >= 4 is 17.5 Å². The summed E-state index contributed by atoms with van der Waals surface area (Å²) in [5.41, 5.74) is 2.96. The van der Waals surface area contributed by atoms with Crippen molar-refractivity contribution in [3.8, 4) is 22.6 Å². The van der Waals surface area contributed by atoms with Gasteiger partial charge in [0.2, 0.25) is 5.95 Å². The Morgan fingerprint density at radius 2 is 1.96 bits per heavy atom. The predicted octanol–water partition coefficient (Wildman–Crippen LogP) is 4.95. The SMILES string of the molecule is Cn1ccnc1-c1nc(NCc2ccccc2Cl)ncc1-c1cccc(F)c1. The Morgan fingerprint density at radius 1 is 1.11 bits per heavy atom. The van der Waals surface area contributed by atoms with E-state index in [-0.39, 0.29) is 5.82 Å². The Labute approximate surface area is 166 Å².